The van der Waals surface area contributed by atoms with Crippen LogP contribution >= 0.6 is 23.2 Å². The number of benzene rings is 2. The van der Waals surface area contributed by atoms with Crippen molar-refractivity contribution in [1.82, 2.24) is 0 Å². The van der Waals surface area contributed by atoms with Crippen LogP contribution in [0, 0.1) is 12.7 Å². The van der Waals surface area contributed by atoms with E-state index in [0.29, 0.717) is 0 Å². The number of amides is 1. The van der Waals surface area contributed by atoms with E-state index in [2.05, 4.69) is 5.32 Å². The van der Waals surface area contributed by atoms with Gasteiger partial charge in [-0.1, -0.05) is 34.8 Å². The van der Waals surface area contributed by atoms with Crippen molar-refractivity contribution in [2.45, 2.75) is 6.92 Å². The number of phenols is 1. The second-order valence-corrected chi connectivity index (χ2v) is 5.04. The van der Waals surface area contributed by atoms with Gasteiger partial charge in [0.05, 0.1) is 15.6 Å². The second kappa shape index (κ2) is 5.69. The van der Waals surface area contributed by atoms with Crippen LogP contribution in [0.15, 0.2) is 30.3 Å². The van der Waals surface area contributed by atoms with E-state index in [1.54, 1.807) is 13.0 Å². The van der Waals surface area contributed by atoms with Crippen molar-refractivity contribution in [3.63, 3.8) is 0 Å². The number of rotatable bonds is 2. The Labute approximate surface area is 124 Å². The van der Waals surface area contributed by atoms with Gasteiger partial charge in [-0.3, -0.25) is 4.79 Å². The Morgan fingerprint density at radius 2 is 1.80 bits per heavy atom. The minimum absolute atomic E-state index is 0.00230. The third-order valence-corrected chi connectivity index (χ3v) is 3.22. The average Bonchev–Trinajstić information content (AvgIpc) is 2.38. The SMILES string of the molecule is Cc1ccc(F)c(C(=O)Nc2cc(Cl)c(O)c(Cl)c2)c1. The van der Waals surface area contributed by atoms with Crippen molar-refractivity contribution in [2.75, 3.05) is 5.32 Å². The molecule has 2 aromatic rings. The molecule has 3 nitrogen and oxygen atoms in total. The monoisotopic (exact) mass is 313 g/mol. The molecular formula is C14H10Cl2FNO2. The van der Waals surface area contributed by atoms with Crippen molar-refractivity contribution in [3.8, 4) is 5.75 Å². The van der Waals surface area contributed by atoms with E-state index in [9.17, 15) is 14.3 Å². The fourth-order valence-corrected chi connectivity index (χ4v) is 2.14. The molecule has 0 fully saturated rings. The Morgan fingerprint density at radius 3 is 2.40 bits per heavy atom. The molecule has 104 valence electrons. The lowest BCUT2D eigenvalue weighted by atomic mass is 10.1. The highest BCUT2D eigenvalue weighted by atomic mass is 35.5. The van der Waals surface area contributed by atoms with Crippen LogP contribution in [0.1, 0.15) is 15.9 Å². The van der Waals surface area contributed by atoms with E-state index in [4.69, 9.17) is 23.2 Å². The first-order chi connectivity index (χ1) is 9.38. The average molecular weight is 314 g/mol. The Kier molecular flexibility index (Phi) is 4.16. The molecule has 0 aliphatic rings. The molecule has 0 aromatic heterocycles. The highest BCUT2D eigenvalue weighted by molar-refractivity contribution is 6.37. The third kappa shape index (κ3) is 3.03. The molecule has 0 heterocycles. The smallest absolute Gasteiger partial charge is 0.258 e. The van der Waals surface area contributed by atoms with Gasteiger partial charge in [0, 0.05) is 5.69 Å². The minimum Gasteiger partial charge on any atom is -0.505 e. The summed E-state index contributed by atoms with van der Waals surface area (Å²) in [7, 11) is 0. The topological polar surface area (TPSA) is 49.3 Å². The van der Waals surface area contributed by atoms with Gasteiger partial charge in [-0.15, -0.1) is 0 Å². The first-order valence-corrected chi connectivity index (χ1v) is 6.39. The van der Waals surface area contributed by atoms with Gasteiger partial charge in [0.2, 0.25) is 0 Å². The predicted octanol–water partition coefficient (Wildman–Crippen LogP) is 4.40. The molecule has 0 radical (unpaired) electrons. The molecule has 0 spiro atoms. The Hall–Kier alpha value is -1.78. The van der Waals surface area contributed by atoms with Gasteiger partial charge in [0.25, 0.3) is 5.91 Å². The first-order valence-electron chi connectivity index (χ1n) is 5.64. The van der Waals surface area contributed by atoms with Crippen molar-refractivity contribution in [3.05, 3.63) is 57.3 Å². The van der Waals surface area contributed by atoms with E-state index in [1.165, 1.54) is 24.3 Å². The van der Waals surface area contributed by atoms with E-state index >= 15 is 0 Å². The highest BCUT2D eigenvalue weighted by Gasteiger charge is 2.14. The lowest BCUT2D eigenvalue weighted by Crippen LogP contribution is -2.14. The quantitative estimate of drug-likeness (QED) is 0.807. The molecule has 0 bridgehead atoms. The molecule has 6 heteroatoms. The van der Waals surface area contributed by atoms with E-state index in [0.717, 1.165) is 5.56 Å². The number of aromatic hydroxyl groups is 1. The van der Waals surface area contributed by atoms with Crippen LogP contribution in [0.5, 0.6) is 5.75 Å². The van der Waals surface area contributed by atoms with Crippen LogP contribution < -0.4 is 5.32 Å². The van der Waals surface area contributed by atoms with E-state index in [-0.39, 0.29) is 27.0 Å². The summed E-state index contributed by atoms with van der Waals surface area (Å²) in [6, 6.07) is 6.89. The lowest BCUT2D eigenvalue weighted by molar-refractivity contribution is 0.102. The van der Waals surface area contributed by atoms with Crippen LogP contribution in [0.3, 0.4) is 0 Å². The van der Waals surface area contributed by atoms with Gasteiger partial charge < -0.3 is 10.4 Å². The zero-order valence-electron chi connectivity index (χ0n) is 10.4. The highest BCUT2D eigenvalue weighted by Crippen LogP contribution is 2.34. The standard InChI is InChI=1S/C14H10Cl2FNO2/c1-7-2-3-12(17)9(4-7)14(20)18-8-5-10(15)13(19)11(16)6-8/h2-6,19H,1H3,(H,18,20). The summed E-state index contributed by atoms with van der Waals surface area (Å²) >= 11 is 11.5. The number of aryl methyl sites for hydroxylation is 1. The van der Waals surface area contributed by atoms with Gasteiger partial charge >= 0.3 is 0 Å². The number of hydrogen-bond donors (Lipinski definition) is 2. The maximum atomic E-state index is 13.6. The Bertz CT molecular complexity index is 666. The molecule has 2 N–H and O–H groups in total. The molecular weight excluding hydrogens is 304 g/mol. The summed E-state index contributed by atoms with van der Waals surface area (Å²) in [5.41, 5.74) is 0.951. The van der Waals surface area contributed by atoms with Crippen LogP contribution in [-0.4, -0.2) is 11.0 Å². The maximum Gasteiger partial charge on any atom is 0.258 e. The second-order valence-electron chi connectivity index (χ2n) is 4.23. The molecule has 20 heavy (non-hydrogen) atoms. The summed E-state index contributed by atoms with van der Waals surface area (Å²) in [5.74, 6) is -1.51. The van der Waals surface area contributed by atoms with Crippen LogP contribution in [0.4, 0.5) is 10.1 Å². The maximum absolute atomic E-state index is 13.6. The number of phenolic OH excluding ortho intramolecular Hbond substituents is 1. The van der Waals surface area contributed by atoms with Gasteiger partial charge in [0.1, 0.15) is 5.82 Å². The molecule has 0 unspecified atom stereocenters. The number of hydrogen-bond acceptors (Lipinski definition) is 2. The summed E-state index contributed by atoms with van der Waals surface area (Å²) in [5, 5.41) is 11.9. The molecule has 0 aliphatic heterocycles. The number of halogens is 3. The van der Waals surface area contributed by atoms with Gasteiger partial charge in [-0.25, -0.2) is 4.39 Å². The van der Waals surface area contributed by atoms with Crippen LogP contribution in [0.2, 0.25) is 10.0 Å². The van der Waals surface area contributed by atoms with Crippen molar-refractivity contribution >= 4 is 34.8 Å². The van der Waals surface area contributed by atoms with Gasteiger partial charge in [-0.2, -0.15) is 0 Å². The molecule has 0 atom stereocenters. The molecule has 0 saturated heterocycles. The fraction of sp³-hybridized carbons (Fsp3) is 0.0714. The third-order valence-electron chi connectivity index (χ3n) is 2.64. The number of carbonyl (C=O) groups excluding carboxylic acids is 1. The molecule has 0 aliphatic carbocycles. The predicted molar refractivity (Wildman–Crippen MR) is 77.2 cm³/mol. The van der Waals surface area contributed by atoms with Crippen molar-refractivity contribution < 1.29 is 14.3 Å². The van der Waals surface area contributed by atoms with E-state index < -0.39 is 11.7 Å². The lowest BCUT2D eigenvalue weighted by Gasteiger charge is -2.09. The largest absolute Gasteiger partial charge is 0.505 e. The molecule has 2 rings (SSSR count). The number of nitrogens with one attached hydrogen (secondary N) is 1. The summed E-state index contributed by atoms with van der Waals surface area (Å²) in [4.78, 5) is 12.0. The van der Waals surface area contributed by atoms with Gasteiger partial charge in [-0.05, 0) is 31.2 Å². The number of carbonyl (C=O) groups is 1. The Balaban J connectivity index is 2.30. The molecule has 2 aromatic carbocycles. The first kappa shape index (κ1) is 14.6. The van der Waals surface area contributed by atoms with E-state index in [1.807, 2.05) is 0 Å². The summed E-state index contributed by atoms with van der Waals surface area (Å²) < 4.78 is 13.6. The van der Waals surface area contributed by atoms with Crippen LogP contribution in [-0.2, 0) is 0 Å². The van der Waals surface area contributed by atoms with Gasteiger partial charge in [0.15, 0.2) is 5.75 Å². The number of anilines is 1. The Morgan fingerprint density at radius 1 is 1.20 bits per heavy atom. The molecule has 1 amide bonds. The van der Waals surface area contributed by atoms with Crippen LogP contribution in [0.25, 0.3) is 0 Å². The molecule has 0 saturated carbocycles. The summed E-state index contributed by atoms with van der Waals surface area (Å²) in [6.07, 6.45) is 0. The zero-order chi connectivity index (χ0) is 14.9. The van der Waals surface area contributed by atoms with Crippen molar-refractivity contribution in [2.24, 2.45) is 0 Å². The minimum atomic E-state index is -0.621. The fourth-order valence-electron chi connectivity index (χ4n) is 1.65. The normalized spacial score (nSPS) is 10.4. The van der Waals surface area contributed by atoms with Crippen molar-refractivity contribution in [1.29, 1.82) is 0 Å². The zero-order valence-corrected chi connectivity index (χ0v) is 11.9. The summed E-state index contributed by atoms with van der Waals surface area (Å²) in [6.45, 7) is 1.75.